The molecule has 0 atom stereocenters. The fraction of sp³-hybridized carbons (Fsp3) is 0.0172. The Morgan fingerprint density at radius 3 is 1.79 bits per heavy atom. The Hall–Kier alpha value is -8.40. The molecule has 3 heterocycles. The van der Waals surface area contributed by atoms with Crippen molar-refractivity contribution in [3.05, 3.63) is 212 Å². The zero-order valence-corrected chi connectivity index (χ0v) is 35.9. The molecular weight excluding hydrogens is 858 g/mol. The van der Waals surface area contributed by atoms with E-state index in [0.717, 1.165) is 75.5 Å². The lowest BCUT2D eigenvalue weighted by Crippen LogP contribution is -2.16. The van der Waals surface area contributed by atoms with Gasteiger partial charge >= 0.3 is 6.36 Å². The smallest absolute Gasteiger partial charge is 0.406 e. The Labute approximate surface area is 393 Å². The van der Waals surface area contributed by atoms with E-state index in [1.165, 1.54) is 12.1 Å². The van der Waals surface area contributed by atoms with E-state index in [2.05, 4.69) is 76.0 Å². The molecule has 3 aromatic heterocycles. The quantitative estimate of drug-likeness (QED) is 0.152. The number of halogens is 3. The van der Waals surface area contributed by atoms with E-state index in [1.54, 1.807) is 23.5 Å². The minimum absolute atomic E-state index is 0.0814. The molecule has 0 aliphatic carbocycles. The van der Waals surface area contributed by atoms with Crippen LogP contribution in [0.5, 0.6) is 5.75 Å². The van der Waals surface area contributed by atoms with E-state index in [4.69, 9.17) is 21.8 Å². The predicted octanol–water partition coefficient (Wildman–Crippen LogP) is 16.2. The maximum absolute atomic E-state index is 13.1. The molecule has 0 saturated carbocycles. The minimum Gasteiger partial charge on any atom is -0.406 e. The molecule has 0 radical (unpaired) electrons. The summed E-state index contributed by atoms with van der Waals surface area (Å²) in [4.78, 5) is 15.0. The van der Waals surface area contributed by atoms with E-state index in [-0.39, 0.29) is 28.8 Å². The zero-order chi connectivity index (χ0) is 49.4. The summed E-state index contributed by atoms with van der Waals surface area (Å²) in [5.74, 6) is 0.0656. The number of ether oxygens (including phenoxy) is 1. The van der Waals surface area contributed by atoms with Crippen LogP contribution in [0.3, 0.4) is 0 Å². The van der Waals surface area contributed by atoms with Gasteiger partial charge in [-0.25, -0.2) is 15.0 Å². The number of hydrogen-bond donors (Lipinski definition) is 0. The van der Waals surface area contributed by atoms with E-state index in [0.29, 0.717) is 16.7 Å². The van der Waals surface area contributed by atoms with Crippen molar-refractivity contribution in [3.63, 3.8) is 0 Å². The SMILES string of the molecule is [2H]c1c([2H])c([2H])c(-c2nc(-c3ccccc3)nc(-c3cc(-n4c5ccccc5c5ccc(-c6ccc(OC(F)(F)F)cc6)cc54)cc4c3sc3c(-c5cccc(-c6ccccc6)c5)cccc34)n2)c([2H])c1[2H]. The fourth-order valence-electron chi connectivity index (χ4n) is 8.87. The van der Waals surface area contributed by atoms with Crippen LogP contribution in [0, 0.1) is 0 Å². The Balaban J connectivity index is 1.15. The van der Waals surface area contributed by atoms with Gasteiger partial charge in [0.1, 0.15) is 5.75 Å². The summed E-state index contributed by atoms with van der Waals surface area (Å²) in [6, 6.07) is 55.8. The first-order valence-corrected chi connectivity index (χ1v) is 22.1. The second-order valence-corrected chi connectivity index (χ2v) is 17.0. The van der Waals surface area contributed by atoms with Crippen molar-refractivity contribution in [2.45, 2.75) is 6.36 Å². The van der Waals surface area contributed by atoms with Crippen LogP contribution < -0.4 is 4.74 Å². The standard InChI is InChI=1S/C58H35F3N4OS/c59-58(60,61)66-44-29-26-37(27-30-44)41-28-31-47-46-22-10-11-25-51(46)65(52(47)33-41)43-34-49-48-24-13-23-45(42-21-12-20-40(32-42)36-14-4-1-5-15-36)53(48)67-54(49)50(35-43)57-63-55(38-16-6-2-7-17-38)62-56(64-57)39-18-8-3-9-19-39/h1-35H/i2D,6D,7D,16D,17D. The summed E-state index contributed by atoms with van der Waals surface area (Å²) in [7, 11) is 0. The summed E-state index contributed by atoms with van der Waals surface area (Å²) in [5, 5.41) is 3.79. The largest absolute Gasteiger partial charge is 0.573 e. The predicted molar refractivity (Wildman–Crippen MR) is 266 cm³/mol. The number of alkyl halides is 3. The van der Waals surface area contributed by atoms with Crippen molar-refractivity contribution in [2.75, 3.05) is 0 Å². The lowest BCUT2D eigenvalue weighted by atomic mass is 9.97. The second-order valence-electron chi connectivity index (χ2n) is 15.9. The summed E-state index contributed by atoms with van der Waals surface area (Å²) >= 11 is 1.59. The van der Waals surface area contributed by atoms with Crippen molar-refractivity contribution in [1.29, 1.82) is 0 Å². The van der Waals surface area contributed by atoms with Crippen LogP contribution in [0.4, 0.5) is 13.2 Å². The highest BCUT2D eigenvalue weighted by molar-refractivity contribution is 7.26. The number of benzene rings is 9. The first-order valence-electron chi connectivity index (χ1n) is 23.8. The fourth-order valence-corrected chi connectivity index (χ4v) is 10.2. The summed E-state index contributed by atoms with van der Waals surface area (Å²) in [6.45, 7) is 0. The van der Waals surface area contributed by atoms with Crippen LogP contribution in [-0.2, 0) is 0 Å². The molecule has 0 aliphatic rings. The van der Waals surface area contributed by atoms with Gasteiger partial charge in [0.05, 0.1) is 17.9 Å². The maximum atomic E-state index is 13.1. The van der Waals surface area contributed by atoms with Gasteiger partial charge in [0.2, 0.25) is 0 Å². The molecule has 0 amide bonds. The third kappa shape index (κ3) is 7.45. The molecule has 5 nitrogen and oxygen atoms in total. The van der Waals surface area contributed by atoms with Crippen LogP contribution in [0.2, 0.25) is 0 Å². The molecule has 0 aliphatic heterocycles. The van der Waals surface area contributed by atoms with Gasteiger partial charge in [-0.1, -0.05) is 170 Å². The monoisotopic (exact) mass is 897 g/mol. The molecule has 0 fully saturated rings. The zero-order valence-electron chi connectivity index (χ0n) is 40.1. The van der Waals surface area contributed by atoms with E-state index >= 15 is 0 Å². The molecule has 0 saturated heterocycles. The minimum atomic E-state index is -4.82. The van der Waals surface area contributed by atoms with Crippen LogP contribution in [0.15, 0.2) is 212 Å². The lowest BCUT2D eigenvalue weighted by molar-refractivity contribution is -0.274. The van der Waals surface area contributed by atoms with Gasteiger partial charge in [-0.2, -0.15) is 0 Å². The van der Waals surface area contributed by atoms with E-state index in [1.807, 2.05) is 91.0 Å². The van der Waals surface area contributed by atoms with Gasteiger partial charge < -0.3 is 9.30 Å². The van der Waals surface area contributed by atoms with Gasteiger partial charge in [-0.15, -0.1) is 24.5 Å². The van der Waals surface area contributed by atoms with Crippen LogP contribution in [0.25, 0.3) is 115 Å². The van der Waals surface area contributed by atoms with Crippen LogP contribution in [0.1, 0.15) is 6.85 Å². The molecule has 9 aromatic carbocycles. The molecule has 0 spiro atoms. The summed E-state index contributed by atoms with van der Waals surface area (Å²) in [6.07, 6.45) is -4.82. The molecule has 0 bridgehead atoms. The molecule has 0 N–H and O–H groups in total. The highest BCUT2D eigenvalue weighted by Gasteiger charge is 2.31. The van der Waals surface area contributed by atoms with Crippen molar-refractivity contribution in [1.82, 2.24) is 19.5 Å². The van der Waals surface area contributed by atoms with Crippen molar-refractivity contribution in [3.8, 4) is 79.0 Å². The third-order valence-corrected chi connectivity index (χ3v) is 13.1. The van der Waals surface area contributed by atoms with Crippen molar-refractivity contribution < 1.29 is 24.8 Å². The molecule has 12 aromatic rings. The Bertz CT molecular complexity index is 4100. The van der Waals surface area contributed by atoms with Gasteiger partial charge in [-0.3, -0.25) is 0 Å². The number of rotatable bonds is 8. The van der Waals surface area contributed by atoms with E-state index < -0.39 is 36.6 Å². The van der Waals surface area contributed by atoms with Crippen molar-refractivity contribution >= 4 is 53.3 Å². The average molecular weight is 898 g/mol. The summed E-state index contributed by atoms with van der Waals surface area (Å²) < 4.78 is 91.0. The van der Waals surface area contributed by atoms with Gasteiger partial charge in [0, 0.05) is 53.3 Å². The molecule has 9 heteroatoms. The lowest BCUT2D eigenvalue weighted by Gasteiger charge is -2.14. The number of hydrogen-bond acceptors (Lipinski definition) is 5. The Morgan fingerprint density at radius 2 is 1.01 bits per heavy atom. The average Bonchev–Trinajstić information content (AvgIpc) is 3.95. The Morgan fingerprint density at radius 1 is 0.433 bits per heavy atom. The highest BCUT2D eigenvalue weighted by atomic mass is 32.1. The first-order chi connectivity index (χ1) is 34.9. The number of para-hydroxylation sites is 1. The molecule has 320 valence electrons. The molecular formula is C58H35F3N4OS. The number of nitrogens with zero attached hydrogens (tertiary/aromatic N) is 4. The van der Waals surface area contributed by atoms with Crippen molar-refractivity contribution in [2.24, 2.45) is 0 Å². The third-order valence-electron chi connectivity index (χ3n) is 11.8. The van der Waals surface area contributed by atoms with E-state index in [9.17, 15) is 13.2 Å². The highest BCUT2D eigenvalue weighted by Crippen LogP contribution is 2.46. The Kier molecular flexibility index (Phi) is 8.47. The normalized spacial score (nSPS) is 12.9. The molecule has 0 unspecified atom stereocenters. The number of thiophene rings is 1. The molecule has 12 rings (SSSR count). The second kappa shape index (κ2) is 16.2. The number of aromatic nitrogens is 4. The van der Waals surface area contributed by atoms with Gasteiger partial charge in [0.15, 0.2) is 17.5 Å². The van der Waals surface area contributed by atoms with Gasteiger partial charge in [0.25, 0.3) is 0 Å². The first kappa shape index (κ1) is 34.9. The summed E-state index contributed by atoms with van der Waals surface area (Å²) in [5.41, 5.74) is 9.22. The number of fused-ring (bicyclic) bond motifs is 6. The van der Waals surface area contributed by atoms with Crippen LogP contribution in [-0.4, -0.2) is 25.9 Å². The maximum Gasteiger partial charge on any atom is 0.573 e. The topological polar surface area (TPSA) is 52.8 Å². The molecule has 67 heavy (non-hydrogen) atoms. The van der Waals surface area contributed by atoms with Gasteiger partial charge in [-0.05, 0) is 75.8 Å². The van der Waals surface area contributed by atoms with Crippen LogP contribution >= 0.6 is 11.3 Å².